The zero-order valence-corrected chi connectivity index (χ0v) is 18.5. The standard InChI is InChI=1S/C22H25ClFN5S/c1-27(19-11-12-19)13-2-14-28-22(30)29(20-9-3-16(23)4-10-20)21(26-28)15-25-18-7-5-17(24)6-8-18/h3-10,19,25H,2,11-15H2,1H3. The molecular weight excluding hydrogens is 421 g/mol. The molecule has 2 aromatic carbocycles. The van der Waals surface area contributed by atoms with Gasteiger partial charge in [0.05, 0.1) is 6.54 Å². The third-order valence-corrected chi connectivity index (χ3v) is 5.98. The number of anilines is 1. The Hall–Kier alpha value is -2.22. The van der Waals surface area contributed by atoms with E-state index in [1.165, 1.54) is 25.0 Å². The molecule has 1 aliphatic rings. The van der Waals surface area contributed by atoms with Crippen LogP contribution < -0.4 is 5.32 Å². The Balaban J connectivity index is 1.54. The molecule has 0 radical (unpaired) electrons. The first-order chi connectivity index (χ1) is 14.5. The summed E-state index contributed by atoms with van der Waals surface area (Å²) in [5.41, 5.74) is 1.74. The number of halogens is 2. The molecule has 0 aliphatic heterocycles. The lowest BCUT2D eigenvalue weighted by molar-refractivity contribution is 0.308. The lowest BCUT2D eigenvalue weighted by Gasteiger charge is -2.14. The number of rotatable bonds is 9. The summed E-state index contributed by atoms with van der Waals surface area (Å²) >= 11 is 11.8. The second-order valence-electron chi connectivity index (χ2n) is 7.66. The molecule has 1 N–H and O–H groups in total. The molecule has 1 aliphatic carbocycles. The number of aryl methyl sites for hydroxylation is 1. The molecule has 158 valence electrons. The second-order valence-corrected chi connectivity index (χ2v) is 8.46. The maximum absolute atomic E-state index is 13.2. The fraction of sp³-hybridized carbons (Fsp3) is 0.364. The summed E-state index contributed by atoms with van der Waals surface area (Å²) in [6.07, 6.45) is 3.60. The Morgan fingerprint density at radius 3 is 2.53 bits per heavy atom. The highest BCUT2D eigenvalue weighted by molar-refractivity contribution is 7.71. The van der Waals surface area contributed by atoms with Crippen molar-refractivity contribution in [3.8, 4) is 5.69 Å². The molecule has 1 fully saturated rings. The van der Waals surface area contributed by atoms with Crippen molar-refractivity contribution in [3.63, 3.8) is 0 Å². The van der Waals surface area contributed by atoms with Crippen LogP contribution in [0.25, 0.3) is 5.69 Å². The van der Waals surface area contributed by atoms with Crippen LogP contribution in [0.15, 0.2) is 48.5 Å². The van der Waals surface area contributed by atoms with Crippen LogP contribution in [0.5, 0.6) is 0 Å². The van der Waals surface area contributed by atoms with E-state index in [1.807, 2.05) is 33.5 Å². The van der Waals surface area contributed by atoms with Gasteiger partial charge in [-0.1, -0.05) is 11.6 Å². The highest BCUT2D eigenvalue weighted by Gasteiger charge is 2.25. The number of benzene rings is 2. The van der Waals surface area contributed by atoms with Crippen molar-refractivity contribution in [1.82, 2.24) is 19.2 Å². The first kappa shape index (κ1) is 21.0. The van der Waals surface area contributed by atoms with Crippen molar-refractivity contribution in [2.24, 2.45) is 0 Å². The van der Waals surface area contributed by atoms with Crippen molar-refractivity contribution in [2.45, 2.75) is 38.4 Å². The Bertz CT molecular complexity index is 1040. The van der Waals surface area contributed by atoms with Crippen LogP contribution in [0.4, 0.5) is 10.1 Å². The van der Waals surface area contributed by atoms with Crippen molar-refractivity contribution in [1.29, 1.82) is 0 Å². The Labute approximate surface area is 186 Å². The molecule has 1 saturated carbocycles. The molecule has 0 amide bonds. The van der Waals surface area contributed by atoms with Crippen LogP contribution in [0.3, 0.4) is 0 Å². The van der Waals surface area contributed by atoms with Gasteiger partial charge in [0.15, 0.2) is 5.82 Å². The van der Waals surface area contributed by atoms with Gasteiger partial charge in [0, 0.05) is 29.0 Å². The highest BCUT2D eigenvalue weighted by Crippen LogP contribution is 2.25. The number of nitrogens with zero attached hydrogens (tertiary/aromatic N) is 4. The van der Waals surface area contributed by atoms with Gasteiger partial charge in [0.2, 0.25) is 4.77 Å². The summed E-state index contributed by atoms with van der Waals surface area (Å²) in [4.78, 5) is 2.41. The molecule has 4 rings (SSSR count). The van der Waals surface area contributed by atoms with E-state index in [4.69, 9.17) is 28.9 Å². The molecule has 3 aromatic rings. The smallest absolute Gasteiger partial charge is 0.202 e. The Kier molecular flexibility index (Phi) is 6.51. The number of hydrogen-bond donors (Lipinski definition) is 1. The fourth-order valence-corrected chi connectivity index (χ4v) is 3.95. The summed E-state index contributed by atoms with van der Waals surface area (Å²) in [6.45, 7) is 2.26. The first-order valence-corrected chi connectivity index (χ1v) is 10.9. The lowest BCUT2D eigenvalue weighted by Crippen LogP contribution is -2.23. The maximum Gasteiger partial charge on any atom is 0.202 e. The summed E-state index contributed by atoms with van der Waals surface area (Å²) in [6, 6.07) is 14.6. The largest absolute Gasteiger partial charge is 0.378 e. The average Bonchev–Trinajstić information content (AvgIpc) is 3.54. The zero-order chi connectivity index (χ0) is 21.1. The minimum absolute atomic E-state index is 0.259. The van der Waals surface area contributed by atoms with E-state index in [0.29, 0.717) is 16.3 Å². The number of nitrogens with one attached hydrogen (secondary N) is 1. The van der Waals surface area contributed by atoms with Gasteiger partial charge >= 0.3 is 0 Å². The van der Waals surface area contributed by atoms with Crippen molar-refractivity contribution >= 4 is 29.5 Å². The van der Waals surface area contributed by atoms with Crippen molar-refractivity contribution in [2.75, 3.05) is 18.9 Å². The van der Waals surface area contributed by atoms with Crippen LogP contribution in [-0.2, 0) is 13.1 Å². The van der Waals surface area contributed by atoms with E-state index in [0.717, 1.165) is 42.8 Å². The predicted octanol–water partition coefficient (Wildman–Crippen LogP) is 5.29. The molecule has 5 nitrogen and oxygen atoms in total. The van der Waals surface area contributed by atoms with E-state index in [9.17, 15) is 4.39 Å². The summed E-state index contributed by atoms with van der Waals surface area (Å²) < 4.78 is 17.7. The Morgan fingerprint density at radius 1 is 1.17 bits per heavy atom. The second kappa shape index (κ2) is 9.29. The van der Waals surface area contributed by atoms with Gasteiger partial charge in [0.25, 0.3) is 0 Å². The topological polar surface area (TPSA) is 38.0 Å². The summed E-state index contributed by atoms with van der Waals surface area (Å²) in [7, 11) is 2.18. The zero-order valence-electron chi connectivity index (χ0n) is 16.9. The summed E-state index contributed by atoms with van der Waals surface area (Å²) in [5, 5.41) is 8.76. The van der Waals surface area contributed by atoms with Gasteiger partial charge < -0.3 is 10.2 Å². The van der Waals surface area contributed by atoms with E-state index in [1.54, 1.807) is 12.1 Å². The van der Waals surface area contributed by atoms with Gasteiger partial charge in [0.1, 0.15) is 5.82 Å². The molecule has 0 saturated heterocycles. The molecule has 0 bridgehead atoms. The minimum atomic E-state index is -0.259. The van der Waals surface area contributed by atoms with Gasteiger partial charge in [-0.2, -0.15) is 5.10 Å². The molecule has 8 heteroatoms. The van der Waals surface area contributed by atoms with E-state index >= 15 is 0 Å². The van der Waals surface area contributed by atoms with Gasteiger partial charge in [-0.15, -0.1) is 0 Å². The number of aromatic nitrogens is 3. The average molecular weight is 446 g/mol. The van der Waals surface area contributed by atoms with Crippen LogP contribution in [0.1, 0.15) is 25.1 Å². The van der Waals surface area contributed by atoms with Crippen LogP contribution in [0.2, 0.25) is 5.02 Å². The first-order valence-electron chi connectivity index (χ1n) is 10.2. The quantitative estimate of drug-likeness (QED) is 0.454. The van der Waals surface area contributed by atoms with E-state index in [2.05, 4.69) is 17.3 Å². The van der Waals surface area contributed by atoms with Crippen LogP contribution >= 0.6 is 23.8 Å². The molecule has 0 spiro atoms. The lowest BCUT2D eigenvalue weighted by atomic mass is 10.3. The molecular formula is C22H25ClFN5S. The highest BCUT2D eigenvalue weighted by atomic mass is 35.5. The monoisotopic (exact) mass is 445 g/mol. The van der Waals surface area contributed by atoms with Gasteiger partial charge in [-0.25, -0.2) is 9.07 Å². The third kappa shape index (κ3) is 5.09. The van der Waals surface area contributed by atoms with E-state index in [-0.39, 0.29) is 5.82 Å². The number of hydrogen-bond acceptors (Lipinski definition) is 4. The normalized spacial score (nSPS) is 13.7. The predicted molar refractivity (Wildman–Crippen MR) is 121 cm³/mol. The van der Waals surface area contributed by atoms with Crippen molar-refractivity contribution in [3.05, 3.63) is 70.0 Å². The van der Waals surface area contributed by atoms with Crippen molar-refractivity contribution < 1.29 is 4.39 Å². The minimum Gasteiger partial charge on any atom is -0.378 e. The molecule has 1 heterocycles. The molecule has 30 heavy (non-hydrogen) atoms. The van der Waals surface area contributed by atoms with Gasteiger partial charge in [-0.3, -0.25) is 4.57 Å². The Morgan fingerprint density at radius 2 is 1.87 bits per heavy atom. The molecule has 1 aromatic heterocycles. The SMILES string of the molecule is CN(CCCn1nc(CNc2ccc(F)cc2)n(-c2ccc(Cl)cc2)c1=S)C1CC1. The fourth-order valence-electron chi connectivity index (χ4n) is 3.48. The van der Waals surface area contributed by atoms with Crippen LogP contribution in [-0.4, -0.2) is 38.9 Å². The van der Waals surface area contributed by atoms with Crippen LogP contribution in [0, 0.1) is 10.6 Å². The van der Waals surface area contributed by atoms with Gasteiger partial charge in [-0.05, 0) is 93.6 Å². The third-order valence-electron chi connectivity index (χ3n) is 5.34. The van der Waals surface area contributed by atoms with E-state index < -0.39 is 0 Å². The maximum atomic E-state index is 13.2. The summed E-state index contributed by atoms with van der Waals surface area (Å²) in [5.74, 6) is 0.535. The molecule has 0 unspecified atom stereocenters. The molecule has 0 atom stereocenters.